The number of aryl methyl sites for hydroxylation is 2. The van der Waals surface area contributed by atoms with Crippen molar-refractivity contribution in [1.82, 2.24) is 14.5 Å². The van der Waals surface area contributed by atoms with Crippen molar-refractivity contribution in [2.75, 3.05) is 48.0 Å². The maximum atomic E-state index is 14.3. The van der Waals surface area contributed by atoms with Crippen molar-refractivity contribution < 1.29 is 19.0 Å². The summed E-state index contributed by atoms with van der Waals surface area (Å²) in [6, 6.07) is 15.2. The van der Waals surface area contributed by atoms with Gasteiger partial charge in [-0.05, 0) is 63.9 Å². The Morgan fingerprint density at radius 2 is 1.84 bits per heavy atom. The summed E-state index contributed by atoms with van der Waals surface area (Å²) in [6.45, 7) is 10.0. The number of anilines is 5. The molecule has 224 valence electrons. The average molecular weight is 585 g/mol. The number of rotatable bonds is 1. The number of carbonyl (C=O) groups is 1. The van der Waals surface area contributed by atoms with Crippen molar-refractivity contribution in [3.05, 3.63) is 70.6 Å². The Labute approximate surface area is 250 Å². The Hall–Kier alpha value is -4.64. The van der Waals surface area contributed by atoms with E-state index in [0.717, 1.165) is 28.0 Å². The Morgan fingerprint density at radius 1 is 1.00 bits per heavy atom. The molecule has 0 saturated heterocycles. The fraction of sp³-hybridized carbons (Fsp3) is 0.375. The standard InChI is InChI=1S/C32H36N6O5/c1-21-8-5-11-25-27(21)37(31(40)43-32(2,3)4)14-13-36(25)26-18-22-20-33-30-34-23-9-6-10-24(19-23)42-17-16-41-15-7-12-38(29(26)39)28(22)35-30/h5-6,8-11,18-20H,7,12-17H2,1-4H3,(H,33,34,35). The zero-order valence-corrected chi connectivity index (χ0v) is 24.9. The lowest BCUT2D eigenvalue weighted by Crippen LogP contribution is -2.46. The quantitative estimate of drug-likeness (QED) is 0.308. The van der Waals surface area contributed by atoms with Crippen LogP contribution in [0.4, 0.5) is 33.5 Å². The average Bonchev–Trinajstić information content (AvgIpc) is 2.96. The van der Waals surface area contributed by atoms with E-state index in [1.54, 1.807) is 15.7 Å². The first-order valence-electron chi connectivity index (χ1n) is 14.5. The molecule has 1 amide bonds. The number of hydrogen-bond acceptors (Lipinski definition) is 9. The molecule has 11 heteroatoms. The van der Waals surface area contributed by atoms with Gasteiger partial charge in [-0.2, -0.15) is 4.98 Å². The summed E-state index contributed by atoms with van der Waals surface area (Å²) in [6.07, 6.45) is 1.93. The molecule has 0 saturated carbocycles. The number of carbonyl (C=O) groups excluding carboxylic acids is 1. The third-order valence-electron chi connectivity index (χ3n) is 7.29. The second-order valence-corrected chi connectivity index (χ2v) is 11.7. The van der Waals surface area contributed by atoms with Crippen LogP contribution >= 0.6 is 0 Å². The monoisotopic (exact) mass is 584 g/mol. The van der Waals surface area contributed by atoms with E-state index in [1.807, 2.05) is 81.1 Å². The van der Waals surface area contributed by atoms with Gasteiger partial charge in [0.25, 0.3) is 5.56 Å². The highest BCUT2D eigenvalue weighted by atomic mass is 16.6. The first-order chi connectivity index (χ1) is 20.7. The minimum Gasteiger partial charge on any atom is -0.491 e. The number of benzene rings is 2. The van der Waals surface area contributed by atoms with E-state index in [9.17, 15) is 9.59 Å². The van der Waals surface area contributed by atoms with Gasteiger partial charge in [-0.3, -0.25) is 14.3 Å². The minimum absolute atomic E-state index is 0.176. The van der Waals surface area contributed by atoms with Gasteiger partial charge in [-0.15, -0.1) is 0 Å². The first-order valence-corrected chi connectivity index (χ1v) is 14.5. The third-order valence-corrected chi connectivity index (χ3v) is 7.29. The lowest BCUT2D eigenvalue weighted by atomic mass is 10.1. The van der Waals surface area contributed by atoms with Gasteiger partial charge in [0, 0.05) is 49.6 Å². The molecule has 2 aliphatic heterocycles. The molecule has 2 aromatic carbocycles. The van der Waals surface area contributed by atoms with Crippen LogP contribution in [0.2, 0.25) is 0 Å². The van der Waals surface area contributed by atoms with Crippen molar-refractivity contribution >= 4 is 45.8 Å². The summed E-state index contributed by atoms with van der Waals surface area (Å²) in [5.74, 6) is 1.09. The highest BCUT2D eigenvalue weighted by Gasteiger charge is 2.33. The molecule has 11 nitrogen and oxygen atoms in total. The van der Waals surface area contributed by atoms with Crippen molar-refractivity contribution in [1.29, 1.82) is 0 Å². The van der Waals surface area contributed by atoms with Gasteiger partial charge in [0.1, 0.15) is 29.3 Å². The molecule has 0 spiro atoms. The lowest BCUT2D eigenvalue weighted by molar-refractivity contribution is 0.0580. The summed E-state index contributed by atoms with van der Waals surface area (Å²) in [7, 11) is 0. The van der Waals surface area contributed by atoms with Gasteiger partial charge in [0.05, 0.1) is 18.0 Å². The maximum Gasteiger partial charge on any atom is 0.414 e. The van der Waals surface area contributed by atoms with E-state index >= 15 is 0 Å². The summed E-state index contributed by atoms with van der Waals surface area (Å²) < 4.78 is 19.0. The molecule has 4 heterocycles. The zero-order chi connectivity index (χ0) is 30.1. The number of hydrogen-bond donors (Lipinski definition) is 1. The fourth-order valence-electron chi connectivity index (χ4n) is 5.44. The number of fused-ring (bicyclic) bond motifs is 4. The number of nitrogens with one attached hydrogen (secondary N) is 1. The van der Waals surface area contributed by atoms with Crippen LogP contribution in [-0.4, -0.2) is 59.1 Å². The minimum atomic E-state index is -0.631. The molecule has 1 N–H and O–H groups in total. The van der Waals surface area contributed by atoms with Crippen LogP contribution in [0.3, 0.4) is 0 Å². The van der Waals surface area contributed by atoms with Gasteiger partial charge in [-0.25, -0.2) is 9.78 Å². The molecule has 6 rings (SSSR count). The van der Waals surface area contributed by atoms with E-state index in [0.29, 0.717) is 68.9 Å². The van der Waals surface area contributed by atoms with Gasteiger partial charge in [-0.1, -0.05) is 18.2 Å². The number of nitrogens with zero attached hydrogens (tertiary/aromatic N) is 5. The Morgan fingerprint density at radius 3 is 2.67 bits per heavy atom. The lowest BCUT2D eigenvalue weighted by Gasteiger charge is -2.39. The predicted octanol–water partition coefficient (Wildman–Crippen LogP) is 5.54. The summed E-state index contributed by atoms with van der Waals surface area (Å²) >= 11 is 0. The Kier molecular flexibility index (Phi) is 7.66. The molecule has 0 radical (unpaired) electrons. The van der Waals surface area contributed by atoms with Crippen LogP contribution < -0.4 is 25.4 Å². The smallest absolute Gasteiger partial charge is 0.414 e. The number of ether oxygens (including phenoxy) is 3. The van der Waals surface area contributed by atoms with Crippen LogP contribution in [0.1, 0.15) is 32.8 Å². The molecule has 4 bridgehead atoms. The van der Waals surface area contributed by atoms with Crippen molar-refractivity contribution in [2.45, 2.75) is 46.3 Å². The number of amides is 1. The van der Waals surface area contributed by atoms with Crippen LogP contribution in [0.5, 0.6) is 5.75 Å². The second kappa shape index (κ2) is 11.6. The van der Waals surface area contributed by atoms with E-state index in [2.05, 4.69) is 10.3 Å². The number of aromatic nitrogens is 3. The van der Waals surface area contributed by atoms with E-state index in [1.165, 1.54) is 0 Å². The Balaban J connectivity index is 1.43. The third kappa shape index (κ3) is 5.98. The predicted molar refractivity (Wildman–Crippen MR) is 166 cm³/mol. The molecule has 0 unspecified atom stereocenters. The van der Waals surface area contributed by atoms with Crippen LogP contribution in [0.15, 0.2) is 59.5 Å². The molecule has 2 aliphatic rings. The molecular weight excluding hydrogens is 548 g/mol. The Bertz CT molecular complexity index is 1730. The van der Waals surface area contributed by atoms with E-state index in [4.69, 9.17) is 19.2 Å². The highest BCUT2D eigenvalue weighted by Crippen LogP contribution is 2.40. The molecular formula is C32H36N6O5. The topological polar surface area (TPSA) is 111 Å². The van der Waals surface area contributed by atoms with Gasteiger partial charge < -0.3 is 24.4 Å². The van der Waals surface area contributed by atoms with Gasteiger partial charge >= 0.3 is 6.09 Å². The largest absolute Gasteiger partial charge is 0.491 e. The number of para-hydroxylation sites is 1. The molecule has 0 aliphatic carbocycles. The summed E-state index contributed by atoms with van der Waals surface area (Å²) in [5, 5.41) is 3.97. The first kappa shape index (κ1) is 28.5. The van der Waals surface area contributed by atoms with Crippen molar-refractivity contribution in [3.8, 4) is 5.75 Å². The van der Waals surface area contributed by atoms with Crippen LogP contribution in [0.25, 0.3) is 11.0 Å². The summed E-state index contributed by atoms with van der Waals surface area (Å²) in [5.41, 5.74) is 3.40. The molecule has 0 fully saturated rings. The maximum absolute atomic E-state index is 14.3. The van der Waals surface area contributed by atoms with Crippen molar-refractivity contribution in [3.63, 3.8) is 0 Å². The number of pyridine rings is 1. The van der Waals surface area contributed by atoms with Crippen molar-refractivity contribution in [2.24, 2.45) is 0 Å². The molecule has 0 atom stereocenters. The molecule has 4 aromatic rings. The summed E-state index contributed by atoms with van der Waals surface area (Å²) in [4.78, 5) is 40.4. The molecule has 2 aromatic heterocycles. The normalized spacial score (nSPS) is 15.6. The fourth-order valence-corrected chi connectivity index (χ4v) is 5.44. The van der Waals surface area contributed by atoms with E-state index in [-0.39, 0.29) is 5.56 Å². The van der Waals surface area contributed by atoms with E-state index < -0.39 is 11.7 Å². The van der Waals surface area contributed by atoms with Gasteiger partial charge in [0.15, 0.2) is 0 Å². The molecule has 43 heavy (non-hydrogen) atoms. The van der Waals surface area contributed by atoms with Crippen LogP contribution in [0, 0.1) is 6.92 Å². The zero-order valence-electron chi connectivity index (χ0n) is 24.9. The van der Waals surface area contributed by atoms with Gasteiger partial charge in [0.2, 0.25) is 5.95 Å². The second-order valence-electron chi connectivity index (χ2n) is 11.7. The SMILES string of the molecule is Cc1cccc2c1N(C(=O)OC(C)(C)C)CCN2c1cc2cnc3nc2n(c1=O)CCCOCCOc1cccc(c1)N3. The van der Waals surface area contributed by atoms with Crippen LogP contribution in [-0.2, 0) is 16.0 Å². The highest BCUT2D eigenvalue weighted by molar-refractivity contribution is 5.97.